The van der Waals surface area contributed by atoms with Crippen LogP contribution in [0.25, 0.3) is 0 Å². The van der Waals surface area contributed by atoms with Gasteiger partial charge < -0.3 is 5.32 Å². The molecule has 0 aliphatic heterocycles. The molecular formula is C16H14Cl2F2N2O3S. The van der Waals surface area contributed by atoms with Crippen LogP contribution in [0.4, 0.5) is 14.5 Å². The summed E-state index contributed by atoms with van der Waals surface area (Å²) in [4.78, 5) is 12.1. The van der Waals surface area contributed by atoms with Crippen LogP contribution in [-0.2, 0) is 21.4 Å². The third-order valence-corrected chi connectivity index (χ3v) is 5.27. The predicted molar refractivity (Wildman–Crippen MR) is 96.7 cm³/mol. The predicted octanol–water partition coefficient (Wildman–Crippen LogP) is 3.67. The Kier molecular flexibility index (Phi) is 6.57. The Morgan fingerprint density at radius 1 is 1.12 bits per heavy atom. The number of halogens is 4. The van der Waals surface area contributed by atoms with Gasteiger partial charge in [-0.1, -0.05) is 29.3 Å². The summed E-state index contributed by atoms with van der Waals surface area (Å²) in [7, 11) is -3.75. The van der Waals surface area contributed by atoms with Crippen LogP contribution in [0.3, 0.4) is 0 Å². The molecule has 26 heavy (non-hydrogen) atoms. The van der Waals surface area contributed by atoms with Crippen LogP contribution in [0.1, 0.15) is 5.56 Å². The van der Waals surface area contributed by atoms with Crippen LogP contribution in [0.2, 0.25) is 10.0 Å². The zero-order valence-electron chi connectivity index (χ0n) is 13.5. The molecule has 0 bridgehead atoms. The van der Waals surface area contributed by atoms with Gasteiger partial charge in [0.25, 0.3) is 0 Å². The van der Waals surface area contributed by atoms with Crippen LogP contribution in [0.15, 0.2) is 36.4 Å². The van der Waals surface area contributed by atoms with Crippen molar-refractivity contribution < 1.29 is 22.0 Å². The Morgan fingerprint density at radius 2 is 1.81 bits per heavy atom. The minimum absolute atomic E-state index is 0.130. The Bertz CT molecular complexity index is 939. The zero-order valence-corrected chi connectivity index (χ0v) is 15.8. The topological polar surface area (TPSA) is 66.5 Å². The van der Waals surface area contributed by atoms with Gasteiger partial charge in [0.2, 0.25) is 15.9 Å². The molecule has 0 aromatic heterocycles. The summed E-state index contributed by atoms with van der Waals surface area (Å²) in [5.74, 6) is -2.53. The molecule has 0 heterocycles. The number of hydrogen-bond acceptors (Lipinski definition) is 3. The van der Waals surface area contributed by atoms with E-state index in [4.69, 9.17) is 23.2 Å². The van der Waals surface area contributed by atoms with E-state index in [-0.39, 0.29) is 17.3 Å². The highest BCUT2D eigenvalue weighted by Crippen LogP contribution is 2.23. The van der Waals surface area contributed by atoms with E-state index < -0.39 is 34.1 Å². The van der Waals surface area contributed by atoms with Crippen molar-refractivity contribution in [1.82, 2.24) is 4.31 Å². The van der Waals surface area contributed by atoms with Crippen molar-refractivity contribution in [2.75, 3.05) is 18.1 Å². The summed E-state index contributed by atoms with van der Waals surface area (Å²) in [6, 6.07) is 7.20. The minimum atomic E-state index is -3.75. The molecule has 0 aliphatic rings. The highest BCUT2D eigenvalue weighted by Gasteiger charge is 2.21. The summed E-state index contributed by atoms with van der Waals surface area (Å²) in [6.45, 7) is -0.690. The second kappa shape index (κ2) is 8.30. The summed E-state index contributed by atoms with van der Waals surface area (Å²) < 4.78 is 51.3. The Balaban J connectivity index is 2.14. The smallest absolute Gasteiger partial charge is 0.239 e. The number of rotatable bonds is 6. The van der Waals surface area contributed by atoms with Crippen molar-refractivity contribution in [3.8, 4) is 0 Å². The summed E-state index contributed by atoms with van der Waals surface area (Å²) >= 11 is 11.7. The maximum Gasteiger partial charge on any atom is 0.239 e. The van der Waals surface area contributed by atoms with Gasteiger partial charge >= 0.3 is 0 Å². The van der Waals surface area contributed by atoms with Crippen LogP contribution in [0.5, 0.6) is 0 Å². The van der Waals surface area contributed by atoms with E-state index in [1.807, 2.05) is 0 Å². The molecule has 0 unspecified atom stereocenters. The van der Waals surface area contributed by atoms with Gasteiger partial charge in [-0.05, 0) is 29.8 Å². The number of sulfonamides is 1. The molecule has 0 atom stereocenters. The number of benzene rings is 2. The van der Waals surface area contributed by atoms with Gasteiger partial charge in [-0.2, -0.15) is 4.31 Å². The first-order valence-electron chi connectivity index (χ1n) is 7.20. The van der Waals surface area contributed by atoms with E-state index in [2.05, 4.69) is 5.32 Å². The lowest BCUT2D eigenvalue weighted by Gasteiger charge is -2.20. The van der Waals surface area contributed by atoms with Crippen LogP contribution < -0.4 is 5.32 Å². The molecular weight excluding hydrogens is 409 g/mol. The molecule has 0 fully saturated rings. The Hall–Kier alpha value is -1.74. The molecule has 10 heteroatoms. The number of nitrogens with one attached hydrogen (secondary N) is 1. The first-order valence-corrected chi connectivity index (χ1v) is 9.80. The molecule has 0 radical (unpaired) electrons. The molecule has 0 saturated carbocycles. The molecule has 2 aromatic rings. The largest absolute Gasteiger partial charge is 0.322 e. The van der Waals surface area contributed by atoms with Crippen LogP contribution in [0, 0.1) is 11.6 Å². The fourth-order valence-corrected chi connectivity index (χ4v) is 3.13. The van der Waals surface area contributed by atoms with Gasteiger partial charge in [0.15, 0.2) is 0 Å². The van der Waals surface area contributed by atoms with Gasteiger partial charge in [-0.25, -0.2) is 17.2 Å². The van der Waals surface area contributed by atoms with Gasteiger partial charge in [0.1, 0.15) is 11.6 Å². The molecule has 0 aliphatic carbocycles. The van der Waals surface area contributed by atoms with E-state index >= 15 is 0 Å². The third kappa shape index (κ3) is 5.63. The molecule has 0 saturated heterocycles. The second-order valence-electron chi connectivity index (χ2n) is 5.45. The molecule has 2 rings (SSSR count). The number of amides is 1. The minimum Gasteiger partial charge on any atom is -0.322 e. The van der Waals surface area contributed by atoms with Gasteiger partial charge in [-0.3, -0.25) is 4.79 Å². The lowest BCUT2D eigenvalue weighted by molar-refractivity contribution is -0.116. The van der Waals surface area contributed by atoms with E-state index in [0.29, 0.717) is 16.7 Å². The molecule has 140 valence electrons. The van der Waals surface area contributed by atoms with Crippen molar-refractivity contribution >= 4 is 44.8 Å². The van der Waals surface area contributed by atoms with Crippen molar-refractivity contribution in [3.05, 3.63) is 63.6 Å². The summed E-state index contributed by atoms with van der Waals surface area (Å²) in [5.41, 5.74) is 0.268. The van der Waals surface area contributed by atoms with E-state index in [0.717, 1.165) is 22.7 Å². The fourth-order valence-electron chi connectivity index (χ4n) is 2.07. The Labute approximate surface area is 159 Å². The average Bonchev–Trinajstić information content (AvgIpc) is 2.52. The monoisotopic (exact) mass is 422 g/mol. The van der Waals surface area contributed by atoms with E-state index in [1.54, 1.807) is 6.07 Å². The van der Waals surface area contributed by atoms with E-state index in [1.165, 1.54) is 12.1 Å². The lowest BCUT2D eigenvalue weighted by Crippen LogP contribution is -2.37. The number of carbonyl (C=O) groups excluding carboxylic acids is 1. The standard InChI is InChI=1S/C16H14Cl2F2N2O3S/c1-26(24,25)22(8-10-2-4-12(17)13(18)6-10)9-16(23)21-15-5-3-11(19)7-14(15)20/h2-7H,8-9H2,1H3,(H,21,23). The third-order valence-electron chi connectivity index (χ3n) is 3.34. The van der Waals surface area contributed by atoms with Crippen molar-refractivity contribution in [2.24, 2.45) is 0 Å². The SMILES string of the molecule is CS(=O)(=O)N(CC(=O)Nc1ccc(F)cc1F)Cc1ccc(Cl)c(Cl)c1. The molecule has 1 amide bonds. The first kappa shape index (κ1) is 20.6. The van der Waals surface area contributed by atoms with Gasteiger partial charge in [0.05, 0.1) is 28.5 Å². The number of anilines is 1. The second-order valence-corrected chi connectivity index (χ2v) is 8.25. The van der Waals surface area contributed by atoms with Crippen molar-refractivity contribution in [2.45, 2.75) is 6.54 Å². The highest BCUT2D eigenvalue weighted by atomic mass is 35.5. The lowest BCUT2D eigenvalue weighted by atomic mass is 10.2. The zero-order chi connectivity index (χ0) is 19.5. The quantitative estimate of drug-likeness (QED) is 0.771. The van der Waals surface area contributed by atoms with Gasteiger partial charge in [0, 0.05) is 12.6 Å². The maximum atomic E-state index is 13.6. The molecule has 2 aromatic carbocycles. The molecule has 0 spiro atoms. The number of carbonyl (C=O) groups is 1. The van der Waals surface area contributed by atoms with E-state index in [9.17, 15) is 22.0 Å². The Morgan fingerprint density at radius 3 is 2.38 bits per heavy atom. The molecule has 1 N–H and O–H groups in total. The average molecular weight is 423 g/mol. The summed E-state index contributed by atoms with van der Waals surface area (Å²) in [5, 5.41) is 2.77. The normalized spacial score (nSPS) is 11.6. The number of nitrogens with zero attached hydrogens (tertiary/aromatic N) is 1. The van der Waals surface area contributed by atoms with Gasteiger partial charge in [-0.15, -0.1) is 0 Å². The summed E-state index contributed by atoms with van der Waals surface area (Å²) in [6.07, 6.45) is 0.941. The highest BCUT2D eigenvalue weighted by molar-refractivity contribution is 7.88. The van der Waals surface area contributed by atoms with Crippen molar-refractivity contribution in [3.63, 3.8) is 0 Å². The fraction of sp³-hybridized carbons (Fsp3) is 0.188. The van der Waals surface area contributed by atoms with Crippen molar-refractivity contribution in [1.29, 1.82) is 0 Å². The number of hydrogen-bond donors (Lipinski definition) is 1. The maximum absolute atomic E-state index is 13.6. The van der Waals surface area contributed by atoms with Crippen LogP contribution >= 0.6 is 23.2 Å². The molecule has 5 nitrogen and oxygen atoms in total. The first-order chi connectivity index (χ1) is 12.1. The van der Waals surface area contributed by atoms with Crippen LogP contribution in [-0.4, -0.2) is 31.4 Å².